The molecule has 0 bridgehead atoms. The Labute approximate surface area is 108 Å². The fourth-order valence-electron chi connectivity index (χ4n) is 2.60. The van der Waals surface area contributed by atoms with Crippen molar-refractivity contribution in [2.45, 2.75) is 5.92 Å². The standard InChI is InChI=1S/C15H13O2P/c16-15(18)17-9-14-12-7-3-1-5-10(12)11-6-2-4-8-13(11)14/h1-8,14H,9,18H2. The summed E-state index contributed by atoms with van der Waals surface area (Å²) in [5, 5.41) is 0. The lowest BCUT2D eigenvalue weighted by Gasteiger charge is -2.12. The van der Waals surface area contributed by atoms with E-state index in [4.69, 9.17) is 4.74 Å². The first kappa shape index (κ1) is 11.4. The monoisotopic (exact) mass is 256 g/mol. The van der Waals surface area contributed by atoms with Crippen molar-refractivity contribution in [3.63, 3.8) is 0 Å². The summed E-state index contributed by atoms with van der Waals surface area (Å²) in [7, 11) is 2.05. The van der Waals surface area contributed by atoms with Crippen molar-refractivity contribution in [2.75, 3.05) is 6.61 Å². The molecule has 1 atom stereocenters. The highest BCUT2D eigenvalue weighted by Gasteiger charge is 2.28. The van der Waals surface area contributed by atoms with Gasteiger partial charge in [0.05, 0.1) is 0 Å². The van der Waals surface area contributed by atoms with Crippen LogP contribution in [0.15, 0.2) is 48.5 Å². The maximum atomic E-state index is 11.0. The Bertz CT molecular complexity index is 561. The third-order valence-corrected chi connectivity index (χ3v) is 3.52. The summed E-state index contributed by atoms with van der Waals surface area (Å²) in [4.78, 5) is 11.0. The fraction of sp³-hybridized carbons (Fsp3) is 0.133. The van der Waals surface area contributed by atoms with Crippen molar-refractivity contribution in [2.24, 2.45) is 0 Å². The highest BCUT2D eigenvalue weighted by atomic mass is 31.0. The molecule has 18 heavy (non-hydrogen) atoms. The number of hydrogen-bond acceptors (Lipinski definition) is 2. The van der Waals surface area contributed by atoms with Crippen molar-refractivity contribution < 1.29 is 9.53 Å². The van der Waals surface area contributed by atoms with E-state index in [2.05, 4.69) is 33.5 Å². The van der Waals surface area contributed by atoms with Gasteiger partial charge in [0.25, 0.3) is 0 Å². The van der Waals surface area contributed by atoms with Gasteiger partial charge in [-0.05, 0) is 31.5 Å². The molecule has 0 spiro atoms. The molecule has 2 aromatic carbocycles. The van der Waals surface area contributed by atoms with Gasteiger partial charge in [-0.2, -0.15) is 0 Å². The predicted octanol–water partition coefficient (Wildman–Crippen LogP) is 3.81. The predicted molar refractivity (Wildman–Crippen MR) is 74.8 cm³/mol. The summed E-state index contributed by atoms with van der Waals surface area (Å²) in [6.45, 7) is 0.399. The van der Waals surface area contributed by atoms with Crippen LogP contribution in [0.1, 0.15) is 17.0 Å². The second-order valence-corrected chi connectivity index (χ2v) is 4.83. The topological polar surface area (TPSA) is 26.3 Å². The van der Waals surface area contributed by atoms with E-state index in [1.807, 2.05) is 24.3 Å². The maximum Gasteiger partial charge on any atom is 0.319 e. The zero-order valence-corrected chi connectivity index (χ0v) is 11.0. The molecule has 0 fully saturated rings. The van der Waals surface area contributed by atoms with Crippen molar-refractivity contribution in [1.29, 1.82) is 0 Å². The van der Waals surface area contributed by atoms with Crippen LogP contribution in [0, 0.1) is 0 Å². The molecule has 0 saturated heterocycles. The molecular formula is C15H13O2P. The molecule has 0 N–H and O–H groups in total. The van der Waals surface area contributed by atoms with Crippen LogP contribution in [-0.4, -0.2) is 12.3 Å². The zero-order valence-electron chi connectivity index (χ0n) is 9.80. The third kappa shape index (κ3) is 1.83. The van der Waals surface area contributed by atoms with E-state index < -0.39 is 0 Å². The highest BCUT2D eigenvalue weighted by Crippen LogP contribution is 2.44. The van der Waals surface area contributed by atoms with Gasteiger partial charge < -0.3 is 4.74 Å². The van der Waals surface area contributed by atoms with Crippen molar-refractivity contribution >= 4 is 15.0 Å². The molecule has 0 saturated carbocycles. The molecule has 1 aliphatic rings. The van der Waals surface area contributed by atoms with Gasteiger partial charge in [-0.25, -0.2) is 4.79 Å². The van der Waals surface area contributed by atoms with Gasteiger partial charge in [0.1, 0.15) is 6.61 Å². The van der Waals surface area contributed by atoms with Gasteiger partial charge >= 0.3 is 5.71 Å². The molecule has 0 radical (unpaired) electrons. The molecular weight excluding hydrogens is 243 g/mol. The number of carbonyl (C=O) groups is 1. The Balaban J connectivity index is 2.06. The number of hydrogen-bond donors (Lipinski definition) is 0. The smallest absolute Gasteiger partial charge is 0.319 e. The molecule has 3 heteroatoms. The van der Waals surface area contributed by atoms with E-state index in [0.29, 0.717) is 6.61 Å². The first-order valence-electron chi connectivity index (χ1n) is 5.88. The van der Waals surface area contributed by atoms with Gasteiger partial charge in [-0.15, -0.1) is 0 Å². The summed E-state index contributed by atoms with van der Waals surface area (Å²) in [5.74, 6) is 0.155. The zero-order chi connectivity index (χ0) is 12.5. The molecule has 0 aromatic heterocycles. The number of carbonyl (C=O) groups excluding carboxylic acids is 1. The minimum absolute atomic E-state index is 0.155. The van der Waals surface area contributed by atoms with Crippen LogP contribution < -0.4 is 0 Å². The Morgan fingerprint density at radius 1 is 1.00 bits per heavy atom. The van der Waals surface area contributed by atoms with Gasteiger partial charge in [0, 0.05) is 5.92 Å². The van der Waals surface area contributed by atoms with E-state index in [1.165, 1.54) is 22.3 Å². The van der Waals surface area contributed by atoms with Gasteiger partial charge in [-0.3, -0.25) is 0 Å². The molecule has 0 aliphatic heterocycles. The van der Waals surface area contributed by atoms with Crippen molar-refractivity contribution in [1.82, 2.24) is 0 Å². The lowest BCUT2D eigenvalue weighted by Crippen LogP contribution is -2.07. The van der Waals surface area contributed by atoms with E-state index in [-0.39, 0.29) is 11.6 Å². The summed E-state index contributed by atoms with van der Waals surface area (Å²) < 4.78 is 5.16. The normalized spacial score (nSPS) is 12.9. The minimum Gasteiger partial charge on any atom is -0.462 e. The summed E-state index contributed by atoms with van der Waals surface area (Å²) in [6.07, 6.45) is 0. The van der Waals surface area contributed by atoms with Crippen molar-refractivity contribution in [3.05, 3.63) is 59.7 Å². The molecule has 3 rings (SSSR count). The molecule has 2 aromatic rings. The summed E-state index contributed by atoms with van der Waals surface area (Å²) in [6, 6.07) is 16.6. The molecule has 1 aliphatic carbocycles. The van der Waals surface area contributed by atoms with Gasteiger partial charge in [-0.1, -0.05) is 48.5 Å². The number of ether oxygens (including phenoxy) is 1. The lowest BCUT2D eigenvalue weighted by molar-refractivity contribution is 0.171. The Kier molecular flexibility index (Phi) is 2.89. The second-order valence-electron chi connectivity index (χ2n) is 4.36. The van der Waals surface area contributed by atoms with Crippen LogP contribution in [-0.2, 0) is 4.74 Å². The molecule has 90 valence electrons. The van der Waals surface area contributed by atoms with E-state index >= 15 is 0 Å². The van der Waals surface area contributed by atoms with Crippen LogP contribution in [0.2, 0.25) is 0 Å². The average Bonchev–Trinajstić information content (AvgIpc) is 2.71. The maximum absolute atomic E-state index is 11.0. The lowest BCUT2D eigenvalue weighted by atomic mass is 9.98. The first-order valence-corrected chi connectivity index (χ1v) is 6.45. The second kappa shape index (κ2) is 4.55. The fourth-order valence-corrected chi connectivity index (χ4v) is 2.70. The molecule has 1 unspecified atom stereocenters. The van der Waals surface area contributed by atoms with Crippen molar-refractivity contribution in [3.8, 4) is 11.1 Å². The Morgan fingerprint density at radius 3 is 2.00 bits per heavy atom. The van der Waals surface area contributed by atoms with Crippen LogP contribution in [0.5, 0.6) is 0 Å². The summed E-state index contributed by atoms with van der Waals surface area (Å²) >= 11 is 0. The van der Waals surface area contributed by atoms with Crippen LogP contribution in [0.4, 0.5) is 4.79 Å². The minimum atomic E-state index is -0.308. The van der Waals surface area contributed by atoms with Crippen LogP contribution in [0.3, 0.4) is 0 Å². The SMILES string of the molecule is O=C(P)OCC1c2ccccc2-c2ccccc21. The van der Waals surface area contributed by atoms with Gasteiger partial charge in [0.15, 0.2) is 0 Å². The number of fused-ring (bicyclic) bond motifs is 3. The van der Waals surface area contributed by atoms with E-state index in [9.17, 15) is 4.79 Å². The average molecular weight is 256 g/mol. The molecule has 0 heterocycles. The largest absolute Gasteiger partial charge is 0.462 e. The van der Waals surface area contributed by atoms with Crippen LogP contribution in [0.25, 0.3) is 11.1 Å². The Morgan fingerprint density at radius 2 is 1.50 bits per heavy atom. The van der Waals surface area contributed by atoms with E-state index in [1.54, 1.807) is 0 Å². The van der Waals surface area contributed by atoms with Crippen LogP contribution >= 0.6 is 9.24 Å². The van der Waals surface area contributed by atoms with Gasteiger partial charge in [0.2, 0.25) is 0 Å². The van der Waals surface area contributed by atoms with E-state index in [0.717, 1.165) is 0 Å². The highest BCUT2D eigenvalue weighted by molar-refractivity contribution is 7.39. The Hall–Kier alpha value is -1.66. The quantitative estimate of drug-likeness (QED) is 0.764. The number of benzene rings is 2. The molecule has 2 nitrogen and oxygen atoms in total. The number of rotatable bonds is 2. The summed E-state index contributed by atoms with van der Waals surface area (Å²) in [5.41, 5.74) is 4.67. The molecule has 0 amide bonds. The third-order valence-electron chi connectivity index (χ3n) is 3.35. The first-order chi connectivity index (χ1) is 8.77.